The van der Waals surface area contributed by atoms with Crippen molar-refractivity contribution < 1.29 is 14.3 Å². The van der Waals surface area contributed by atoms with Gasteiger partial charge in [-0.05, 0) is 81.4 Å². The summed E-state index contributed by atoms with van der Waals surface area (Å²) in [5, 5.41) is 3.43. The Morgan fingerprint density at radius 2 is 1.85 bits per heavy atom. The molecule has 2 aliphatic heterocycles. The summed E-state index contributed by atoms with van der Waals surface area (Å²) in [7, 11) is 0. The Morgan fingerprint density at radius 1 is 1.12 bits per heavy atom. The molecule has 0 radical (unpaired) electrons. The van der Waals surface area contributed by atoms with Gasteiger partial charge in [-0.25, -0.2) is 9.78 Å². The number of cyclic esters (lactones) is 1. The van der Waals surface area contributed by atoms with Crippen molar-refractivity contribution in [1.82, 2.24) is 19.8 Å². The van der Waals surface area contributed by atoms with Crippen LogP contribution in [0, 0.1) is 17.8 Å². The van der Waals surface area contributed by atoms with E-state index in [0.29, 0.717) is 17.8 Å². The van der Waals surface area contributed by atoms with Crippen molar-refractivity contribution in [2.45, 2.75) is 71.2 Å². The first-order valence-corrected chi connectivity index (χ1v) is 15.2. The van der Waals surface area contributed by atoms with Crippen molar-refractivity contribution in [1.29, 1.82) is 0 Å². The fourth-order valence-corrected chi connectivity index (χ4v) is 7.13. The highest BCUT2D eigenvalue weighted by Crippen LogP contribution is 2.57. The lowest BCUT2D eigenvalue weighted by Gasteiger charge is -2.55. The third kappa shape index (κ3) is 5.44. The second-order valence-electron chi connectivity index (χ2n) is 12.4. The molecule has 1 saturated heterocycles. The number of hydrogen-bond acceptors (Lipinski definition) is 7. The molecule has 2 amide bonds. The molecule has 0 spiro atoms. The van der Waals surface area contributed by atoms with E-state index < -0.39 is 0 Å². The summed E-state index contributed by atoms with van der Waals surface area (Å²) in [6, 6.07) is 9.26. The van der Waals surface area contributed by atoms with Crippen LogP contribution in [0.3, 0.4) is 0 Å². The Labute approximate surface area is 243 Å². The van der Waals surface area contributed by atoms with Crippen LogP contribution in [-0.4, -0.2) is 64.0 Å². The number of benzene rings is 1. The summed E-state index contributed by atoms with van der Waals surface area (Å²) in [5.74, 6) is 3.85. The van der Waals surface area contributed by atoms with Crippen LogP contribution in [0.2, 0.25) is 0 Å². The lowest BCUT2D eigenvalue weighted by molar-refractivity contribution is -0.128. The van der Waals surface area contributed by atoms with Crippen molar-refractivity contribution in [3.8, 4) is 0 Å². The third-order valence-electron chi connectivity index (χ3n) is 9.76. The molecule has 2 aromatic rings. The molecule has 41 heavy (non-hydrogen) atoms. The largest absolute Gasteiger partial charge is 0.444 e. The van der Waals surface area contributed by atoms with Gasteiger partial charge in [-0.2, -0.15) is 4.98 Å². The van der Waals surface area contributed by atoms with E-state index in [-0.39, 0.29) is 30.7 Å². The van der Waals surface area contributed by atoms with Crippen LogP contribution in [0.1, 0.15) is 75.2 Å². The van der Waals surface area contributed by atoms with Crippen molar-refractivity contribution in [2.24, 2.45) is 17.8 Å². The second kappa shape index (κ2) is 11.4. The molecule has 4 aliphatic rings. The van der Waals surface area contributed by atoms with Crippen LogP contribution >= 0.6 is 0 Å². The normalized spacial score (nSPS) is 25.3. The van der Waals surface area contributed by atoms with E-state index in [0.717, 1.165) is 55.1 Å². The molecule has 9 nitrogen and oxygen atoms in total. The van der Waals surface area contributed by atoms with E-state index in [9.17, 15) is 9.59 Å². The van der Waals surface area contributed by atoms with Crippen LogP contribution < -0.4 is 10.2 Å². The van der Waals surface area contributed by atoms with Gasteiger partial charge in [0.1, 0.15) is 12.4 Å². The minimum Gasteiger partial charge on any atom is -0.444 e. The van der Waals surface area contributed by atoms with Gasteiger partial charge < -0.3 is 15.0 Å². The fraction of sp³-hybridized carbons (Fsp3) is 0.562. The quantitative estimate of drug-likeness (QED) is 0.417. The molecule has 218 valence electrons. The number of fused-ring (bicyclic) bond motifs is 2. The van der Waals surface area contributed by atoms with Gasteiger partial charge in [0.25, 0.3) is 0 Å². The fourth-order valence-electron chi connectivity index (χ4n) is 7.13. The first-order valence-electron chi connectivity index (χ1n) is 15.2. The summed E-state index contributed by atoms with van der Waals surface area (Å²) in [6.45, 7) is 13.1. The lowest BCUT2D eigenvalue weighted by Crippen LogP contribution is -2.51. The number of piperazine rings is 1. The summed E-state index contributed by atoms with van der Waals surface area (Å²) in [4.78, 5) is 39.7. The third-order valence-corrected chi connectivity index (χ3v) is 9.76. The molecule has 3 heterocycles. The molecule has 0 bridgehead atoms. The van der Waals surface area contributed by atoms with E-state index in [1.807, 2.05) is 18.7 Å². The Hall–Kier alpha value is -3.46. The van der Waals surface area contributed by atoms with E-state index in [4.69, 9.17) is 9.72 Å². The number of anilines is 2. The zero-order valence-electron chi connectivity index (χ0n) is 24.5. The average molecular weight is 559 g/mol. The predicted octanol–water partition coefficient (Wildman–Crippen LogP) is 5.32. The Bertz CT molecular complexity index is 1290. The highest BCUT2D eigenvalue weighted by molar-refractivity contribution is 5.89. The maximum absolute atomic E-state index is 12.3. The van der Waals surface area contributed by atoms with Gasteiger partial charge in [0.15, 0.2) is 0 Å². The zero-order chi connectivity index (χ0) is 28.7. The number of amides is 2. The lowest BCUT2D eigenvalue weighted by atomic mass is 9.52. The zero-order valence-corrected chi connectivity index (χ0v) is 24.5. The molecular formula is C32H42N6O3. The molecule has 2 saturated carbocycles. The summed E-state index contributed by atoms with van der Waals surface area (Å²) in [5.41, 5.74) is 3.31. The topological polar surface area (TPSA) is 90.9 Å². The molecule has 9 heteroatoms. The van der Waals surface area contributed by atoms with Crippen LogP contribution in [0.5, 0.6) is 0 Å². The number of nitrogens with zero attached hydrogens (tertiary/aromatic N) is 5. The first kappa shape index (κ1) is 27.7. The van der Waals surface area contributed by atoms with Gasteiger partial charge in [-0.1, -0.05) is 30.8 Å². The van der Waals surface area contributed by atoms with E-state index in [2.05, 4.69) is 53.0 Å². The van der Waals surface area contributed by atoms with Crippen LogP contribution in [-0.2, 0) is 16.1 Å². The van der Waals surface area contributed by atoms with Crippen LogP contribution in [0.4, 0.5) is 16.6 Å². The molecule has 1 N–H and O–H groups in total. The SMILES string of the molecule is C=CC(=O)N1CCN(C(CC2CC3CCC32)c2ccc([C@H](C)Nc3ncc4c(n3)N(C(C)C)C(=O)OC4)cc2)CC1. The van der Waals surface area contributed by atoms with E-state index in [1.54, 1.807) is 11.1 Å². The Morgan fingerprint density at radius 3 is 2.46 bits per heavy atom. The van der Waals surface area contributed by atoms with E-state index >= 15 is 0 Å². The summed E-state index contributed by atoms with van der Waals surface area (Å²) >= 11 is 0. The number of ether oxygens (including phenoxy) is 1. The number of rotatable bonds is 9. The van der Waals surface area contributed by atoms with Crippen molar-refractivity contribution in [3.63, 3.8) is 0 Å². The van der Waals surface area contributed by atoms with Crippen molar-refractivity contribution >= 4 is 23.8 Å². The van der Waals surface area contributed by atoms with Crippen LogP contribution in [0.15, 0.2) is 43.1 Å². The van der Waals surface area contributed by atoms with Gasteiger partial charge in [-0.15, -0.1) is 0 Å². The van der Waals surface area contributed by atoms with Crippen LogP contribution in [0.25, 0.3) is 0 Å². The predicted molar refractivity (Wildman–Crippen MR) is 158 cm³/mol. The van der Waals surface area contributed by atoms with Gasteiger partial charge in [0.2, 0.25) is 11.9 Å². The minimum absolute atomic E-state index is 0.0144. The van der Waals surface area contributed by atoms with Gasteiger partial charge in [0, 0.05) is 44.5 Å². The molecule has 6 rings (SSSR count). The number of nitrogens with one attached hydrogen (secondary N) is 1. The van der Waals surface area contributed by atoms with Gasteiger partial charge >= 0.3 is 6.09 Å². The molecule has 1 aromatic carbocycles. The smallest absolute Gasteiger partial charge is 0.416 e. The number of aromatic nitrogens is 2. The summed E-state index contributed by atoms with van der Waals surface area (Å²) < 4.78 is 5.27. The molecular weight excluding hydrogens is 516 g/mol. The van der Waals surface area contributed by atoms with Crippen molar-refractivity contribution in [2.75, 3.05) is 36.4 Å². The minimum atomic E-state index is -0.376. The molecule has 1 aromatic heterocycles. The maximum Gasteiger partial charge on any atom is 0.416 e. The molecule has 5 atom stereocenters. The van der Waals surface area contributed by atoms with Gasteiger partial charge in [0.05, 0.1) is 11.6 Å². The summed E-state index contributed by atoms with van der Waals surface area (Å²) in [6.07, 6.45) is 8.17. The standard InChI is InChI=1S/C32H42N6O3/c1-5-29(39)37-14-12-36(13-15-37)28(17-25-16-24-10-11-27(24)25)23-8-6-22(7-9-23)21(4)34-31-33-18-26-19-41-32(40)38(20(2)3)30(26)35-31/h5-9,18,20-21,24-25,27-28H,1,10-17,19H2,2-4H3,(H,33,34,35)/t21-,24?,25?,27?,28?/m0/s1. The number of carbonyl (C=O) groups excluding carboxylic acids is 2. The molecule has 3 fully saturated rings. The first-order chi connectivity index (χ1) is 19.8. The number of carbonyl (C=O) groups is 2. The maximum atomic E-state index is 12.3. The van der Waals surface area contributed by atoms with Gasteiger partial charge in [-0.3, -0.25) is 14.6 Å². The van der Waals surface area contributed by atoms with Crippen molar-refractivity contribution in [3.05, 3.63) is 59.8 Å². The molecule has 4 unspecified atom stereocenters. The molecule has 2 aliphatic carbocycles. The Balaban J connectivity index is 1.15. The number of hydrogen-bond donors (Lipinski definition) is 1. The second-order valence-corrected chi connectivity index (χ2v) is 12.4. The average Bonchev–Trinajstić information content (AvgIpc) is 2.97. The highest BCUT2D eigenvalue weighted by atomic mass is 16.6. The monoisotopic (exact) mass is 558 g/mol. The van der Waals surface area contributed by atoms with E-state index in [1.165, 1.54) is 37.3 Å². The Kier molecular flexibility index (Phi) is 7.72. The highest BCUT2D eigenvalue weighted by Gasteiger charge is 2.47.